The summed E-state index contributed by atoms with van der Waals surface area (Å²) in [5.74, 6) is 0. The van der Waals surface area contributed by atoms with Crippen molar-refractivity contribution in [2.45, 2.75) is 43.9 Å². The summed E-state index contributed by atoms with van der Waals surface area (Å²) in [6.07, 6.45) is 0. The van der Waals surface area contributed by atoms with Crippen molar-refractivity contribution < 1.29 is 13.3 Å². The van der Waals surface area contributed by atoms with Crippen molar-refractivity contribution in [1.82, 2.24) is 0 Å². The van der Waals surface area contributed by atoms with Crippen LogP contribution in [0, 0.1) is 0 Å². The van der Waals surface area contributed by atoms with Crippen LogP contribution in [0.25, 0.3) is 165 Å². The van der Waals surface area contributed by atoms with Crippen LogP contribution in [-0.4, -0.2) is 0 Å². The largest absolute Gasteiger partial charge is 0.455 e. The Bertz CT molecular complexity index is 9520. The zero-order valence-electron chi connectivity index (χ0n) is 81.8. The number of hydrogen-bond donors (Lipinski definition) is 0. The Kier molecular flexibility index (Phi) is 21.1. The Morgan fingerprint density at radius 3 is 1.00 bits per heavy atom. The third kappa shape index (κ3) is 14.7. The standard InChI is InChI=1S/C52H39N.C51H35NO2.C38H25NO/c1-51(2)47-22-12-9-19-43(47)46-34-33-42(35-50(46)51)53(40-29-25-37(26-30-40)36-15-5-3-6-16-36)41-31-27-39(28-32-41)52(38-17-7-4-8-18-38)48-23-13-10-20-44(48)45-21-11-14-24-49(45)52;1-51(2)44-30-29-42-40-14-7-9-18-47(40)54-50(42)48(44)43-28-27-37(31-45(43)51)52(35-23-19-33(20-24-35)32-11-4-3-5-12-32)36-25-21-34(22-26-36)38-15-10-16-41-39-13-6-8-17-46(39)53-49(38)41;1-3-9-26(10-4-1)27-17-20-31(21-18-27)39(30-11-5-2-6-12-30)32-22-24-33-29(25-32)16-15-28-19-23-35-34-13-7-8-14-36(34)40-38(35)37(28)33/h3-35H,1-2H3;3-31H,1-2H3;1-25H. The Morgan fingerprint density at radius 2 is 0.483 bits per heavy atom. The van der Waals surface area contributed by atoms with E-state index in [1.807, 2.05) is 30.3 Å². The normalized spacial score (nSPS) is 13.1. The molecule has 23 aromatic carbocycles. The van der Waals surface area contributed by atoms with E-state index in [9.17, 15) is 0 Å². The molecule has 3 heterocycles. The third-order valence-electron chi connectivity index (χ3n) is 31.1. The van der Waals surface area contributed by atoms with Gasteiger partial charge in [0.15, 0.2) is 0 Å². The van der Waals surface area contributed by atoms with E-state index in [2.05, 4.69) is 540 Å². The molecule has 696 valence electrons. The lowest BCUT2D eigenvalue weighted by atomic mass is 9.68. The highest BCUT2D eigenvalue weighted by molar-refractivity contribution is 6.24. The summed E-state index contributed by atoms with van der Waals surface area (Å²) in [5, 5.41) is 11.6. The molecule has 0 bridgehead atoms. The maximum Gasteiger partial charge on any atom is 0.143 e. The van der Waals surface area contributed by atoms with Crippen LogP contribution in [0.1, 0.15) is 72.2 Å². The second-order valence-electron chi connectivity index (χ2n) is 40.0. The molecule has 6 nitrogen and oxygen atoms in total. The number of furan rings is 3. The van der Waals surface area contributed by atoms with Gasteiger partial charge in [0.1, 0.15) is 33.5 Å². The predicted octanol–water partition coefficient (Wildman–Crippen LogP) is 39.1. The zero-order chi connectivity index (χ0) is 98.0. The van der Waals surface area contributed by atoms with Crippen LogP contribution in [0.2, 0.25) is 0 Å². The van der Waals surface area contributed by atoms with Crippen LogP contribution in [0.3, 0.4) is 0 Å². The van der Waals surface area contributed by atoms with E-state index in [0.29, 0.717) is 0 Å². The summed E-state index contributed by atoms with van der Waals surface area (Å²) in [4.78, 5) is 7.11. The van der Waals surface area contributed by atoms with Gasteiger partial charge < -0.3 is 28.0 Å². The van der Waals surface area contributed by atoms with Crippen LogP contribution in [0.5, 0.6) is 0 Å². The van der Waals surface area contributed by atoms with E-state index in [0.717, 1.165) is 134 Å². The molecule has 3 aliphatic rings. The summed E-state index contributed by atoms with van der Waals surface area (Å²) in [6, 6.07) is 190. The van der Waals surface area contributed by atoms with E-state index >= 15 is 0 Å². The minimum Gasteiger partial charge on any atom is -0.455 e. The average Bonchev–Trinajstić information content (AvgIpc) is 1.54. The van der Waals surface area contributed by atoms with Gasteiger partial charge in [-0.05, 0) is 261 Å². The Labute approximate surface area is 854 Å². The zero-order valence-corrected chi connectivity index (χ0v) is 81.8. The lowest BCUT2D eigenvalue weighted by Crippen LogP contribution is -2.28. The molecule has 29 rings (SSSR count). The molecule has 3 aromatic heterocycles. The number of hydrogen-bond acceptors (Lipinski definition) is 6. The molecule has 3 aliphatic carbocycles. The fourth-order valence-corrected chi connectivity index (χ4v) is 24.0. The van der Waals surface area contributed by atoms with Crippen LogP contribution in [-0.2, 0) is 16.2 Å². The first-order valence-corrected chi connectivity index (χ1v) is 50.8. The van der Waals surface area contributed by atoms with Crippen molar-refractivity contribution >= 4 is 139 Å². The molecule has 0 spiro atoms. The first-order valence-electron chi connectivity index (χ1n) is 50.8. The van der Waals surface area contributed by atoms with Gasteiger partial charge in [-0.3, -0.25) is 0 Å². The van der Waals surface area contributed by atoms with Gasteiger partial charge >= 0.3 is 0 Å². The molecule has 6 heteroatoms. The Hall–Kier alpha value is -18.6. The van der Waals surface area contributed by atoms with Gasteiger partial charge in [0.25, 0.3) is 0 Å². The summed E-state index contributed by atoms with van der Waals surface area (Å²) in [6.45, 7) is 9.38. The summed E-state index contributed by atoms with van der Waals surface area (Å²) in [7, 11) is 0. The molecule has 0 unspecified atom stereocenters. The minimum absolute atomic E-state index is 0.0973. The van der Waals surface area contributed by atoms with Gasteiger partial charge in [-0.15, -0.1) is 0 Å². The van der Waals surface area contributed by atoms with Gasteiger partial charge in [-0.2, -0.15) is 0 Å². The van der Waals surface area contributed by atoms with Crippen molar-refractivity contribution in [2.75, 3.05) is 14.7 Å². The van der Waals surface area contributed by atoms with Crippen LogP contribution in [0.4, 0.5) is 51.2 Å². The topological polar surface area (TPSA) is 49.1 Å². The molecule has 0 aliphatic heterocycles. The van der Waals surface area contributed by atoms with Crippen molar-refractivity contribution in [2.24, 2.45) is 0 Å². The molecule has 0 atom stereocenters. The predicted molar refractivity (Wildman–Crippen MR) is 614 cm³/mol. The molecule has 0 radical (unpaired) electrons. The summed E-state index contributed by atoms with van der Waals surface area (Å²) >= 11 is 0. The number of anilines is 9. The molecule has 0 N–H and O–H groups in total. The van der Waals surface area contributed by atoms with Crippen LogP contribution < -0.4 is 14.7 Å². The number of benzene rings is 23. The average molecular weight is 1880 g/mol. The lowest BCUT2D eigenvalue weighted by Gasteiger charge is -2.34. The smallest absolute Gasteiger partial charge is 0.143 e. The molecule has 0 saturated carbocycles. The van der Waals surface area contributed by atoms with Gasteiger partial charge in [0, 0.05) is 111 Å². The molecular weight excluding hydrogens is 1780 g/mol. The van der Waals surface area contributed by atoms with Crippen molar-refractivity contribution in [3.05, 3.63) is 572 Å². The first-order chi connectivity index (χ1) is 72.4. The Morgan fingerprint density at radius 1 is 0.170 bits per heavy atom. The van der Waals surface area contributed by atoms with Crippen molar-refractivity contribution in [1.29, 1.82) is 0 Å². The fourth-order valence-electron chi connectivity index (χ4n) is 24.0. The molecule has 0 fully saturated rings. The highest BCUT2D eigenvalue weighted by atomic mass is 16.3. The molecule has 0 saturated heterocycles. The SMILES string of the molecule is CC1(C)c2cc(N(c3ccc(-c4ccccc4)cc3)c3ccc(-c4cccc5c4oc4ccccc45)cc3)ccc2-c2c1ccc1c2oc2ccccc21.CC1(C)c2ccccc2-c2ccc(N(c3ccc(-c4ccccc4)cc3)c3ccc(C4(c5ccccc5)c5ccccc5-c5ccccc54)cc3)cc21.c1ccc(-c2ccc(N(c3ccccc3)c3ccc4c(ccc5ccc6c7ccccc7oc6c54)c3)cc2)cc1. The van der Waals surface area contributed by atoms with E-state index in [-0.39, 0.29) is 10.8 Å². The highest BCUT2D eigenvalue weighted by Gasteiger charge is 2.47. The van der Waals surface area contributed by atoms with Gasteiger partial charge in [0.05, 0.1) is 5.41 Å². The second kappa shape index (κ2) is 35.5. The van der Waals surface area contributed by atoms with Crippen LogP contribution >= 0.6 is 0 Å². The van der Waals surface area contributed by atoms with E-state index in [4.69, 9.17) is 13.3 Å². The van der Waals surface area contributed by atoms with Gasteiger partial charge in [-0.25, -0.2) is 0 Å². The molecule has 0 amide bonds. The number of fused-ring (bicyclic) bond motifs is 23. The van der Waals surface area contributed by atoms with Gasteiger partial charge in [0.2, 0.25) is 0 Å². The van der Waals surface area contributed by atoms with Gasteiger partial charge in [-0.1, -0.05) is 422 Å². The summed E-state index contributed by atoms with van der Waals surface area (Å²) in [5.41, 5.74) is 42.6. The first kappa shape index (κ1) is 87.4. The monoisotopic (exact) mass is 1880 g/mol. The lowest BCUT2D eigenvalue weighted by molar-refractivity contribution is 0.653. The number of rotatable bonds is 15. The van der Waals surface area contributed by atoms with E-state index in [1.54, 1.807) is 0 Å². The summed E-state index contributed by atoms with van der Waals surface area (Å²) < 4.78 is 19.4. The third-order valence-corrected chi connectivity index (χ3v) is 31.1. The van der Waals surface area contributed by atoms with Crippen LogP contribution in [0.15, 0.2) is 541 Å². The maximum absolute atomic E-state index is 6.58. The Balaban J connectivity index is 0.000000110. The maximum atomic E-state index is 6.58. The minimum atomic E-state index is -0.432. The highest BCUT2D eigenvalue weighted by Crippen LogP contribution is 2.60. The number of nitrogens with zero attached hydrogens (tertiary/aromatic N) is 3. The van der Waals surface area contributed by atoms with E-state index < -0.39 is 5.41 Å². The second-order valence-corrected chi connectivity index (χ2v) is 40.0. The molecule has 26 aromatic rings. The molecule has 147 heavy (non-hydrogen) atoms. The van der Waals surface area contributed by atoms with Crippen molar-refractivity contribution in [3.63, 3.8) is 0 Å². The van der Waals surface area contributed by atoms with Crippen molar-refractivity contribution in [3.8, 4) is 77.9 Å². The van der Waals surface area contributed by atoms with E-state index in [1.165, 1.54) is 127 Å². The fraction of sp³-hybridized carbons (Fsp3) is 0.0496. The number of para-hydroxylation sites is 5. The quantitative estimate of drug-likeness (QED) is 0.0954. The molecular formula is C141H99N3O3.